The van der Waals surface area contributed by atoms with Crippen LogP contribution in [0.4, 0.5) is 0 Å². The lowest BCUT2D eigenvalue weighted by Crippen LogP contribution is -2.29. The third kappa shape index (κ3) is 4.60. The first-order valence-corrected chi connectivity index (χ1v) is 10.1. The predicted octanol–water partition coefficient (Wildman–Crippen LogP) is 4.23. The van der Waals surface area contributed by atoms with Crippen LogP contribution in [0.25, 0.3) is 11.6 Å². The largest absolute Gasteiger partial charge is 0.461 e. The van der Waals surface area contributed by atoms with Crippen LogP contribution in [0.1, 0.15) is 37.4 Å². The molecule has 1 aromatic carbocycles. The number of aryl methyl sites for hydroxylation is 1. The molecule has 0 aliphatic heterocycles. The molecule has 6 nitrogen and oxygen atoms in total. The van der Waals surface area contributed by atoms with Crippen LogP contribution < -0.4 is 5.32 Å². The minimum Gasteiger partial charge on any atom is -0.461 e. The van der Waals surface area contributed by atoms with E-state index in [-0.39, 0.29) is 11.9 Å². The van der Waals surface area contributed by atoms with Crippen LogP contribution in [0.5, 0.6) is 0 Å². The Labute approximate surface area is 163 Å². The third-order valence-corrected chi connectivity index (χ3v) is 5.30. The van der Waals surface area contributed by atoms with Crippen LogP contribution in [0.3, 0.4) is 0 Å². The molecular weight excluding hydrogens is 360 g/mol. The number of carbonyl (C=O) groups excluding carboxylic acids is 1. The van der Waals surface area contributed by atoms with Crippen LogP contribution in [0.15, 0.2) is 52.2 Å². The van der Waals surface area contributed by atoms with Crippen molar-refractivity contribution in [1.29, 1.82) is 0 Å². The number of thioether (sulfide) groups is 1. The molecule has 3 rings (SSSR count). The highest BCUT2D eigenvalue weighted by atomic mass is 32.2. The van der Waals surface area contributed by atoms with Crippen molar-refractivity contribution in [3.05, 3.63) is 53.8 Å². The molecule has 27 heavy (non-hydrogen) atoms. The first-order valence-electron chi connectivity index (χ1n) is 9.08. The zero-order valence-electron chi connectivity index (χ0n) is 15.8. The first-order chi connectivity index (χ1) is 13.1. The molecule has 1 atom stereocenters. The molecule has 7 heteroatoms. The standard InChI is InChI=1S/C20H24N4O2S/c1-4-16(15-10-8-14(3)9-11-15)21-18(25)13-27-20-23-22-19(24(20)5-2)17-7-6-12-26-17/h6-12,16H,4-5,13H2,1-3H3,(H,21,25)/t16-/m0/s1. The van der Waals surface area contributed by atoms with Gasteiger partial charge in [0.15, 0.2) is 16.7 Å². The van der Waals surface area contributed by atoms with Crippen LogP contribution in [-0.2, 0) is 11.3 Å². The molecule has 0 aliphatic rings. The Morgan fingerprint density at radius 2 is 2.00 bits per heavy atom. The predicted molar refractivity (Wildman–Crippen MR) is 106 cm³/mol. The SMILES string of the molecule is CC[C@H](NC(=O)CSc1nnc(-c2ccco2)n1CC)c1ccc(C)cc1. The van der Waals surface area contributed by atoms with Gasteiger partial charge in [0.05, 0.1) is 18.1 Å². The molecule has 1 N–H and O–H groups in total. The van der Waals surface area contributed by atoms with Gasteiger partial charge in [-0.25, -0.2) is 0 Å². The Balaban J connectivity index is 1.63. The number of nitrogens with zero attached hydrogens (tertiary/aromatic N) is 3. The van der Waals surface area contributed by atoms with Crippen molar-refractivity contribution in [3.8, 4) is 11.6 Å². The fourth-order valence-corrected chi connectivity index (χ4v) is 3.67. The van der Waals surface area contributed by atoms with E-state index in [4.69, 9.17) is 4.42 Å². The van der Waals surface area contributed by atoms with E-state index < -0.39 is 0 Å². The van der Waals surface area contributed by atoms with E-state index in [1.54, 1.807) is 6.26 Å². The summed E-state index contributed by atoms with van der Waals surface area (Å²) in [6.07, 6.45) is 2.45. The van der Waals surface area contributed by atoms with Crippen LogP contribution >= 0.6 is 11.8 Å². The number of carbonyl (C=O) groups is 1. The smallest absolute Gasteiger partial charge is 0.230 e. The minimum atomic E-state index is -0.0161. The molecule has 0 aliphatic carbocycles. The summed E-state index contributed by atoms with van der Waals surface area (Å²) in [6, 6.07) is 12.0. The molecule has 3 aromatic rings. The Morgan fingerprint density at radius 1 is 1.22 bits per heavy atom. The number of hydrogen-bond acceptors (Lipinski definition) is 5. The maximum Gasteiger partial charge on any atom is 0.230 e. The number of rotatable bonds is 8. The quantitative estimate of drug-likeness (QED) is 0.589. The van der Waals surface area contributed by atoms with Gasteiger partial charge in [-0.15, -0.1) is 10.2 Å². The molecule has 142 valence electrons. The van der Waals surface area contributed by atoms with Gasteiger partial charge in [-0.05, 0) is 38.0 Å². The van der Waals surface area contributed by atoms with E-state index in [9.17, 15) is 4.79 Å². The lowest BCUT2D eigenvalue weighted by atomic mass is 10.0. The molecule has 0 saturated heterocycles. The summed E-state index contributed by atoms with van der Waals surface area (Å²) < 4.78 is 7.37. The molecule has 2 heterocycles. The summed E-state index contributed by atoms with van der Waals surface area (Å²) in [5, 5.41) is 12.2. The van der Waals surface area contributed by atoms with Gasteiger partial charge < -0.3 is 9.73 Å². The van der Waals surface area contributed by atoms with Crippen molar-refractivity contribution >= 4 is 17.7 Å². The lowest BCUT2D eigenvalue weighted by Gasteiger charge is -2.17. The Kier molecular flexibility index (Phi) is 6.34. The minimum absolute atomic E-state index is 0.0152. The topological polar surface area (TPSA) is 73.0 Å². The van der Waals surface area contributed by atoms with E-state index in [1.165, 1.54) is 17.3 Å². The second-order valence-electron chi connectivity index (χ2n) is 6.26. The van der Waals surface area contributed by atoms with Gasteiger partial charge in [-0.1, -0.05) is 48.5 Å². The molecule has 2 aromatic heterocycles. The van der Waals surface area contributed by atoms with Crippen LogP contribution in [0.2, 0.25) is 0 Å². The summed E-state index contributed by atoms with van der Waals surface area (Å²) in [5.74, 6) is 1.62. The Morgan fingerprint density at radius 3 is 2.63 bits per heavy atom. The van der Waals surface area contributed by atoms with Crippen LogP contribution in [0, 0.1) is 6.92 Å². The molecule has 0 radical (unpaired) electrons. The average Bonchev–Trinajstić information content (AvgIpc) is 3.34. The van der Waals surface area contributed by atoms with Gasteiger partial charge in [-0.2, -0.15) is 0 Å². The van der Waals surface area contributed by atoms with Crippen molar-refractivity contribution in [2.75, 3.05) is 5.75 Å². The zero-order chi connectivity index (χ0) is 19.2. The molecule has 0 spiro atoms. The van der Waals surface area contributed by atoms with E-state index in [0.29, 0.717) is 29.0 Å². The van der Waals surface area contributed by atoms with Gasteiger partial charge >= 0.3 is 0 Å². The summed E-state index contributed by atoms with van der Waals surface area (Å²) in [5.41, 5.74) is 2.33. The normalized spacial score (nSPS) is 12.1. The third-order valence-electron chi connectivity index (χ3n) is 4.33. The van der Waals surface area contributed by atoms with Gasteiger partial charge in [0.2, 0.25) is 5.91 Å². The fraction of sp³-hybridized carbons (Fsp3) is 0.350. The van der Waals surface area contributed by atoms with E-state index in [1.807, 2.05) is 23.6 Å². The molecular formula is C20H24N4O2S. The lowest BCUT2D eigenvalue weighted by molar-refractivity contribution is -0.119. The zero-order valence-corrected chi connectivity index (χ0v) is 16.6. The highest BCUT2D eigenvalue weighted by Crippen LogP contribution is 2.24. The number of nitrogens with one attached hydrogen (secondary N) is 1. The van der Waals surface area contributed by atoms with E-state index in [2.05, 4.69) is 53.6 Å². The molecule has 0 unspecified atom stereocenters. The Hall–Kier alpha value is -2.54. The Bertz CT molecular complexity index is 872. The molecule has 0 bridgehead atoms. The number of furan rings is 1. The maximum atomic E-state index is 12.5. The molecule has 0 saturated carbocycles. The average molecular weight is 385 g/mol. The number of hydrogen-bond donors (Lipinski definition) is 1. The van der Waals surface area contributed by atoms with Crippen molar-refractivity contribution in [2.24, 2.45) is 0 Å². The van der Waals surface area contributed by atoms with Gasteiger partial charge in [0.1, 0.15) is 0 Å². The van der Waals surface area contributed by atoms with Gasteiger partial charge in [-0.3, -0.25) is 9.36 Å². The monoisotopic (exact) mass is 384 g/mol. The number of aromatic nitrogens is 3. The van der Waals surface area contributed by atoms with Crippen LogP contribution in [-0.4, -0.2) is 26.4 Å². The first kappa shape index (κ1) is 19.2. The maximum absolute atomic E-state index is 12.5. The number of benzene rings is 1. The molecule has 0 fully saturated rings. The second kappa shape index (κ2) is 8.90. The highest BCUT2D eigenvalue weighted by Gasteiger charge is 2.17. The summed E-state index contributed by atoms with van der Waals surface area (Å²) in [4.78, 5) is 12.5. The molecule has 1 amide bonds. The second-order valence-corrected chi connectivity index (χ2v) is 7.20. The highest BCUT2D eigenvalue weighted by molar-refractivity contribution is 7.99. The van der Waals surface area contributed by atoms with Crippen molar-refractivity contribution in [1.82, 2.24) is 20.1 Å². The van der Waals surface area contributed by atoms with Crippen molar-refractivity contribution in [2.45, 2.75) is 44.9 Å². The van der Waals surface area contributed by atoms with Crippen molar-refractivity contribution in [3.63, 3.8) is 0 Å². The van der Waals surface area contributed by atoms with Gasteiger partial charge in [0, 0.05) is 6.54 Å². The van der Waals surface area contributed by atoms with E-state index >= 15 is 0 Å². The van der Waals surface area contributed by atoms with E-state index in [0.717, 1.165) is 12.0 Å². The summed E-state index contributed by atoms with van der Waals surface area (Å²) in [6.45, 7) is 6.85. The fourth-order valence-electron chi connectivity index (χ4n) is 2.85. The summed E-state index contributed by atoms with van der Waals surface area (Å²) in [7, 11) is 0. The number of amides is 1. The van der Waals surface area contributed by atoms with Crippen molar-refractivity contribution < 1.29 is 9.21 Å². The summed E-state index contributed by atoms with van der Waals surface area (Å²) >= 11 is 1.38. The van der Waals surface area contributed by atoms with Gasteiger partial charge in [0.25, 0.3) is 0 Å².